The van der Waals surface area contributed by atoms with Crippen LogP contribution in [0.15, 0.2) is 18.2 Å². The first kappa shape index (κ1) is 12.4. The van der Waals surface area contributed by atoms with Gasteiger partial charge in [0, 0.05) is 12.5 Å². The molecule has 1 rings (SSSR count). The first-order valence-electron chi connectivity index (χ1n) is 5.06. The number of aliphatic hydroxyl groups excluding tert-OH is 1. The molecule has 1 atom stereocenters. The van der Waals surface area contributed by atoms with Crippen molar-refractivity contribution in [1.82, 2.24) is 0 Å². The lowest BCUT2D eigenvalue weighted by Gasteiger charge is -2.08. The Labute approximate surface area is 93.8 Å². The molecule has 0 saturated heterocycles. The lowest BCUT2D eigenvalue weighted by atomic mass is 10.2. The van der Waals surface area contributed by atoms with Crippen molar-refractivity contribution in [3.63, 3.8) is 0 Å². The molecule has 0 amide bonds. The van der Waals surface area contributed by atoms with Gasteiger partial charge in [0.25, 0.3) is 0 Å². The van der Waals surface area contributed by atoms with Crippen LogP contribution in [0.3, 0.4) is 0 Å². The van der Waals surface area contributed by atoms with Crippen LogP contribution >= 0.6 is 0 Å². The molecular formula is C11H15NO4. The second-order valence-corrected chi connectivity index (χ2v) is 3.71. The van der Waals surface area contributed by atoms with E-state index in [-0.39, 0.29) is 18.0 Å². The van der Waals surface area contributed by atoms with E-state index < -0.39 is 11.0 Å². The smallest absolute Gasteiger partial charge is 0.311 e. The van der Waals surface area contributed by atoms with Crippen molar-refractivity contribution in [1.29, 1.82) is 0 Å². The molecule has 5 heteroatoms. The maximum Gasteiger partial charge on any atom is 0.311 e. The molecule has 0 heterocycles. The third kappa shape index (κ3) is 3.51. The first-order chi connectivity index (χ1) is 7.50. The van der Waals surface area contributed by atoms with Gasteiger partial charge >= 0.3 is 5.69 Å². The predicted octanol–water partition coefficient (Wildman–Crippen LogP) is 2.05. The van der Waals surface area contributed by atoms with Gasteiger partial charge in [-0.25, -0.2) is 0 Å². The molecule has 1 unspecified atom stereocenters. The van der Waals surface area contributed by atoms with Crippen LogP contribution < -0.4 is 4.74 Å². The highest BCUT2D eigenvalue weighted by Gasteiger charge is 2.14. The fraction of sp³-hybridized carbons (Fsp3) is 0.455. The number of aliphatic hydroxyl groups is 1. The molecule has 0 bridgehead atoms. The monoisotopic (exact) mass is 225 g/mol. The van der Waals surface area contributed by atoms with E-state index in [1.54, 1.807) is 26.0 Å². The van der Waals surface area contributed by atoms with Gasteiger partial charge in [0.05, 0.1) is 17.6 Å². The van der Waals surface area contributed by atoms with E-state index in [9.17, 15) is 10.1 Å². The Bertz CT molecular complexity index is 376. The summed E-state index contributed by atoms with van der Waals surface area (Å²) < 4.78 is 5.26. The SMILES string of the molecule is Cc1ccc(OCCC(C)O)c([N+](=O)[O-])c1. The molecule has 1 aromatic carbocycles. The summed E-state index contributed by atoms with van der Waals surface area (Å²) in [6.45, 7) is 3.70. The number of hydrogen-bond donors (Lipinski definition) is 1. The fourth-order valence-electron chi connectivity index (χ4n) is 1.23. The van der Waals surface area contributed by atoms with Gasteiger partial charge in [-0.05, 0) is 25.5 Å². The van der Waals surface area contributed by atoms with Gasteiger partial charge in [0.1, 0.15) is 0 Å². The Balaban J connectivity index is 2.75. The zero-order chi connectivity index (χ0) is 12.1. The summed E-state index contributed by atoms with van der Waals surface area (Å²) in [7, 11) is 0. The largest absolute Gasteiger partial charge is 0.487 e. The Morgan fingerprint density at radius 1 is 1.56 bits per heavy atom. The predicted molar refractivity (Wildman–Crippen MR) is 59.6 cm³/mol. The summed E-state index contributed by atoms with van der Waals surface area (Å²) in [6, 6.07) is 4.80. The summed E-state index contributed by atoms with van der Waals surface area (Å²) in [5.41, 5.74) is 0.778. The number of rotatable bonds is 5. The van der Waals surface area contributed by atoms with E-state index in [1.807, 2.05) is 0 Å². The van der Waals surface area contributed by atoms with Crippen LogP contribution in [-0.4, -0.2) is 22.7 Å². The van der Waals surface area contributed by atoms with Crippen molar-refractivity contribution >= 4 is 5.69 Å². The second kappa shape index (κ2) is 5.46. The third-order valence-electron chi connectivity index (χ3n) is 2.10. The molecule has 0 aliphatic heterocycles. The van der Waals surface area contributed by atoms with Crippen molar-refractivity contribution in [2.45, 2.75) is 26.4 Å². The van der Waals surface area contributed by atoms with Crippen LogP contribution in [0, 0.1) is 17.0 Å². The normalized spacial score (nSPS) is 12.2. The highest BCUT2D eigenvalue weighted by atomic mass is 16.6. The third-order valence-corrected chi connectivity index (χ3v) is 2.10. The highest BCUT2D eigenvalue weighted by molar-refractivity contribution is 5.48. The molecule has 1 N–H and O–H groups in total. The van der Waals surface area contributed by atoms with Gasteiger partial charge in [-0.1, -0.05) is 6.07 Å². The van der Waals surface area contributed by atoms with Crippen molar-refractivity contribution in [3.05, 3.63) is 33.9 Å². The lowest BCUT2D eigenvalue weighted by Crippen LogP contribution is -2.08. The molecule has 88 valence electrons. The quantitative estimate of drug-likeness (QED) is 0.614. The molecule has 0 aromatic heterocycles. The lowest BCUT2D eigenvalue weighted by molar-refractivity contribution is -0.385. The van der Waals surface area contributed by atoms with Gasteiger partial charge in [-0.3, -0.25) is 10.1 Å². The molecule has 0 spiro atoms. The van der Waals surface area contributed by atoms with Crippen LogP contribution in [0.5, 0.6) is 5.75 Å². The number of hydrogen-bond acceptors (Lipinski definition) is 4. The number of aryl methyl sites for hydroxylation is 1. The Morgan fingerprint density at radius 2 is 2.25 bits per heavy atom. The average molecular weight is 225 g/mol. The summed E-state index contributed by atoms with van der Waals surface area (Å²) in [6.07, 6.45) is -0.0186. The summed E-state index contributed by atoms with van der Waals surface area (Å²) in [5, 5.41) is 19.8. The van der Waals surface area contributed by atoms with Gasteiger partial charge in [-0.15, -0.1) is 0 Å². The molecule has 0 saturated carbocycles. The van der Waals surface area contributed by atoms with E-state index in [0.29, 0.717) is 6.42 Å². The Kier molecular flexibility index (Phi) is 4.25. The maximum absolute atomic E-state index is 10.7. The molecule has 0 aliphatic carbocycles. The van der Waals surface area contributed by atoms with Gasteiger partial charge in [-0.2, -0.15) is 0 Å². The number of benzene rings is 1. The van der Waals surface area contributed by atoms with Crippen LogP contribution in [0.4, 0.5) is 5.69 Å². The summed E-state index contributed by atoms with van der Waals surface area (Å²) >= 11 is 0. The molecule has 16 heavy (non-hydrogen) atoms. The van der Waals surface area contributed by atoms with Crippen molar-refractivity contribution < 1.29 is 14.8 Å². The molecular weight excluding hydrogens is 210 g/mol. The fourth-order valence-corrected chi connectivity index (χ4v) is 1.23. The average Bonchev–Trinajstić information content (AvgIpc) is 2.19. The second-order valence-electron chi connectivity index (χ2n) is 3.71. The number of nitro groups is 1. The standard InChI is InChI=1S/C11H15NO4/c1-8-3-4-11(10(7-8)12(14)15)16-6-5-9(2)13/h3-4,7,9,13H,5-6H2,1-2H3. The van der Waals surface area contributed by atoms with E-state index in [4.69, 9.17) is 9.84 Å². The number of nitro benzene ring substituents is 1. The Hall–Kier alpha value is -1.62. The molecule has 0 fully saturated rings. The van der Waals surface area contributed by atoms with Crippen molar-refractivity contribution in [3.8, 4) is 5.75 Å². The number of nitrogens with zero attached hydrogens (tertiary/aromatic N) is 1. The summed E-state index contributed by atoms with van der Waals surface area (Å²) in [4.78, 5) is 10.3. The molecule has 1 aromatic rings. The Morgan fingerprint density at radius 3 is 2.81 bits per heavy atom. The molecule has 0 aliphatic rings. The van der Waals surface area contributed by atoms with Crippen molar-refractivity contribution in [2.24, 2.45) is 0 Å². The molecule has 0 radical (unpaired) electrons. The van der Waals surface area contributed by atoms with Gasteiger partial charge in [0.2, 0.25) is 0 Å². The minimum Gasteiger partial charge on any atom is -0.487 e. The van der Waals surface area contributed by atoms with Crippen LogP contribution in [0.1, 0.15) is 18.9 Å². The van der Waals surface area contributed by atoms with Crippen molar-refractivity contribution in [2.75, 3.05) is 6.61 Å². The van der Waals surface area contributed by atoms with E-state index in [2.05, 4.69) is 0 Å². The molecule has 5 nitrogen and oxygen atoms in total. The van der Waals surface area contributed by atoms with Crippen LogP contribution in [0.25, 0.3) is 0 Å². The highest BCUT2D eigenvalue weighted by Crippen LogP contribution is 2.27. The van der Waals surface area contributed by atoms with E-state index in [1.165, 1.54) is 6.07 Å². The number of ether oxygens (including phenoxy) is 1. The van der Waals surface area contributed by atoms with E-state index >= 15 is 0 Å². The van der Waals surface area contributed by atoms with Gasteiger partial charge < -0.3 is 9.84 Å². The summed E-state index contributed by atoms with van der Waals surface area (Å²) in [5.74, 6) is 0.247. The minimum atomic E-state index is -0.468. The van der Waals surface area contributed by atoms with Crippen LogP contribution in [0.2, 0.25) is 0 Å². The van der Waals surface area contributed by atoms with Gasteiger partial charge in [0.15, 0.2) is 5.75 Å². The maximum atomic E-state index is 10.7. The zero-order valence-electron chi connectivity index (χ0n) is 9.34. The van der Waals surface area contributed by atoms with Crippen LogP contribution in [-0.2, 0) is 0 Å². The minimum absolute atomic E-state index is 0.0365. The van der Waals surface area contributed by atoms with E-state index in [0.717, 1.165) is 5.56 Å². The topological polar surface area (TPSA) is 72.6 Å². The zero-order valence-corrected chi connectivity index (χ0v) is 9.34. The first-order valence-corrected chi connectivity index (χ1v) is 5.06.